The molecular weight excluding hydrogens is 236 g/mol. The maximum Gasteiger partial charge on any atom is 0.113 e. The van der Waals surface area contributed by atoms with Gasteiger partial charge in [0.1, 0.15) is 11.0 Å². The first-order valence-corrected chi connectivity index (χ1v) is 7.02. The quantitative estimate of drug-likeness (QED) is 0.834. The lowest BCUT2D eigenvalue weighted by Gasteiger charge is -2.46. The Morgan fingerprint density at radius 3 is 2.84 bits per heavy atom. The number of benzene rings is 1. The summed E-state index contributed by atoms with van der Waals surface area (Å²) in [4.78, 5) is 2.14. The van der Waals surface area contributed by atoms with Crippen molar-refractivity contribution in [1.82, 2.24) is 4.90 Å². The Kier molecular flexibility index (Phi) is 2.88. The molecule has 1 aliphatic heterocycles. The Morgan fingerprint density at radius 2 is 2.11 bits per heavy atom. The summed E-state index contributed by atoms with van der Waals surface area (Å²) >= 11 is 0. The van der Waals surface area contributed by atoms with Crippen LogP contribution < -0.4 is 0 Å². The van der Waals surface area contributed by atoms with Crippen LogP contribution in [-0.2, 0) is 11.8 Å². The summed E-state index contributed by atoms with van der Waals surface area (Å²) in [7, 11) is 2.02. The normalized spacial score (nSPS) is 34.8. The van der Waals surface area contributed by atoms with Gasteiger partial charge in [-0.05, 0) is 50.4 Å². The zero-order chi connectivity index (χ0) is 13.5. The first kappa shape index (κ1) is 12.7. The van der Waals surface area contributed by atoms with Gasteiger partial charge in [-0.1, -0.05) is 24.3 Å². The van der Waals surface area contributed by atoms with Gasteiger partial charge in [0.05, 0.1) is 6.07 Å². The van der Waals surface area contributed by atoms with Crippen LogP contribution in [0.15, 0.2) is 24.3 Å². The maximum atomic E-state index is 11.2. The molecule has 1 aliphatic carbocycles. The molecule has 3 nitrogen and oxygen atoms in total. The minimum Gasteiger partial charge on any atom is -0.387 e. The fourth-order valence-corrected chi connectivity index (χ4v) is 3.91. The van der Waals surface area contributed by atoms with Crippen molar-refractivity contribution in [3.8, 4) is 6.07 Å². The van der Waals surface area contributed by atoms with Crippen molar-refractivity contribution in [2.24, 2.45) is 0 Å². The molecule has 1 saturated heterocycles. The topological polar surface area (TPSA) is 47.3 Å². The third kappa shape index (κ3) is 1.71. The number of nitrogens with zero attached hydrogens (tertiary/aromatic N) is 2. The number of β-amino-alcohol motifs (C(OH)–C–C–N with tert-alkyl or cyclic N) is 1. The van der Waals surface area contributed by atoms with E-state index in [0.717, 1.165) is 37.8 Å². The molecule has 1 heterocycles. The van der Waals surface area contributed by atoms with Gasteiger partial charge in [0.2, 0.25) is 0 Å². The molecule has 100 valence electrons. The molecule has 0 radical (unpaired) electrons. The van der Waals surface area contributed by atoms with Crippen LogP contribution in [0.25, 0.3) is 0 Å². The van der Waals surface area contributed by atoms with Crippen molar-refractivity contribution >= 4 is 0 Å². The largest absolute Gasteiger partial charge is 0.387 e. The predicted octanol–water partition coefficient (Wildman–Crippen LogP) is 1.85. The zero-order valence-corrected chi connectivity index (χ0v) is 11.4. The Morgan fingerprint density at radius 1 is 1.32 bits per heavy atom. The monoisotopic (exact) mass is 256 g/mol. The van der Waals surface area contributed by atoms with Gasteiger partial charge in [0.25, 0.3) is 0 Å². The molecule has 0 bridgehead atoms. The lowest BCUT2D eigenvalue weighted by atomic mass is 9.65. The van der Waals surface area contributed by atoms with E-state index in [1.54, 1.807) is 0 Å². The highest BCUT2D eigenvalue weighted by Gasteiger charge is 2.56. The number of likely N-dealkylation sites (tertiary alicyclic amines) is 1. The summed E-state index contributed by atoms with van der Waals surface area (Å²) in [6.07, 6.45) is 3.32. The van der Waals surface area contributed by atoms with E-state index in [-0.39, 0.29) is 0 Å². The summed E-state index contributed by atoms with van der Waals surface area (Å²) in [6, 6.07) is 10.6. The number of piperidine rings is 1. The number of nitriles is 1. The second-order valence-corrected chi connectivity index (χ2v) is 6.05. The Bertz CT molecular complexity index is 536. The lowest BCUT2D eigenvalue weighted by molar-refractivity contribution is -0.0676. The maximum absolute atomic E-state index is 11.2. The lowest BCUT2D eigenvalue weighted by Crippen LogP contribution is -2.58. The number of hydrogen-bond acceptors (Lipinski definition) is 3. The van der Waals surface area contributed by atoms with Crippen LogP contribution in [0.5, 0.6) is 0 Å². The van der Waals surface area contributed by atoms with Gasteiger partial charge in [-0.25, -0.2) is 0 Å². The van der Waals surface area contributed by atoms with Crippen LogP contribution in [0.2, 0.25) is 0 Å². The molecule has 0 amide bonds. The van der Waals surface area contributed by atoms with Crippen LogP contribution in [-0.4, -0.2) is 35.7 Å². The van der Waals surface area contributed by atoms with Crippen LogP contribution in [0.4, 0.5) is 0 Å². The fraction of sp³-hybridized carbons (Fsp3) is 0.562. The standard InChI is InChI=1S/C16H20N2O/c1-18-10-4-8-16(19,12-18)15(11-17)9-7-13-5-2-3-6-14(13)15/h2-3,5-6,19H,4,7-10,12H2,1H3. The van der Waals surface area contributed by atoms with Crippen LogP contribution in [0.1, 0.15) is 30.4 Å². The van der Waals surface area contributed by atoms with Crippen molar-refractivity contribution in [2.45, 2.75) is 36.7 Å². The van der Waals surface area contributed by atoms with Gasteiger partial charge in [0.15, 0.2) is 0 Å². The van der Waals surface area contributed by atoms with E-state index in [1.165, 1.54) is 5.56 Å². The van der Waals surface area contributed by atoms with Crippen LogP contribution in [0, 0.1) is 11.3 Å². The van der Waals surface area contributed by atoms with E-state index in [0.29, 0.717) is 6.54 Å². The minimum atomic E-state index is -0.915. The molecule has 3 heteroatoms. The van der Waals surface area contributed by atoms with Crippen molar-refractivity contribution in [1.29, 1.82) is 5.26 Å². The van der Waals surface area contributed by atoms with E-state index in [1.807, 2.05) is 25.2 Å². The summed E-state index contributed by atoms with van der Waals surface area (Å²) in [5.41, 5.74) is 0.639. The average molecular weight is 256 g/mol. The second-order valence-electron chi connectivity index (χ2n) is 6.05. The third-order valence-electron chi connectivity index (χ3n) is 4.89. The summed E-state index contributed by atoms with van der Waals surface area (Å²) in [5, 5.41) is 21.0. The fourth-order valence-electron chi connectivity index (χ4n) is 3.91. The van der Waals surface area contributed by atoms with Gasteiger partial charge in [0, 0.05) is 6.54 Å². The smallest absolute Gasteiger partial charge is 0.113 e. The Hall–Kier alpha value is -1.37. The molecule has 1 N–H and O–H groups in total. The van der Waals surface area contributed by atoms with E-state index in [4.69, 9.17) is 0 Å². The molecular formula is C16H20N2O. The van der Waals surface area contributed by atoms with Gasteiger partial charge in [-0.3, -0.25) is 0 Å². The molecule has 0 spiro atoms. The van der Waals surface area contributed by atoms with Gasteiger partial charge in [-0.2, -0.15) is 5.26 Å². The van der Waals surface area contributed by atoms with Crippen molar-refractivity contribution in [3.05, 3.63) is 35.4 Å². The molecule has 1 aromatic rings. The molecule has 19 heavy (non-hydrogen) atoms. The number of likely N-dealkylation sites (N-methyl/N-ethyl adjacent to an activating group) is 1. The van der Waals surface area contributed by atoms with E-state index in [2.05, 4.69) is 17.0 Å². The predicted molar refractivity (Wildman–Crippen MR) is 73.7 cm³/mol. The first-order chi connectivity index (χ1) is 9.11. The molecule has 1 fully saturated rings. The number of rotatable bonds is 1. The molecule has 2 aliphatic rings. The molecule has 3 rings (SSSR count). The SMILES string of the molecule is CN1CCCC(O)(C2(C#N)CCc3ccccc32)C1. The highest BCUT2D eigenvalue weighted by molar-refractivity contribution is 5.47. The summed E-state index contributed by atoms with van der Waals surface area (Å²) in [5.74, 6) is 0. The Labute approximate surface area is 114 Å². The second kappa shape index (κ2) is 4.33. The third-order valence-corrected chi connectivity index (χ3v) is 4.89. The average Bonchev–Trinajstić information content (AvgIpc) is 2.79. The van der Waals surface area contributed by atoms with E-state index < -0.39 is 11.0 Å². The molecule has 1 aromatic carbocycles. The summed E-state index contributed by atoms with van der Waals surface area (Å²) in [6.45, 7) is 1.60. The minimum absolute atomic E-state index is 0.592. The molecule has 2 atom stereocenters. The highest BCUT2D eigenvalue weighted by atomic mass is 16.3. The number of aryl methyl sites for hydroxylation is 1. The van der Waals surface area contributed by atoms with Crippen molar-refractivity contribution in [3.63, 3.8) is 0 Å². The number of aliphatic hydroxyl groups is 1. The van der Waals surface area contributed by atoms with Crippen LogP contribution >= 0.6 is 0 Å². The van der Waals surface area contributed by atoms with Gasteiger partial charge in [-0.15, -0.1) is 0 Å². The van der Waals surface area contributed by atoms with E-state index in [9.17, 15) is 10.4 Å². The van der Waals surface area contributed by atoms with Crippen LogP contribution in [0.3, 0.4) is 0 Å². The number of hydrogen-bond donors (Lipinski definition) is 1. The Balaban J connectivity index is 2.09. The number of fused-ring (bicyclic) bond motifs is 1. The zero-order valence-electron chi connectivity index (χ0n) is 11.4. The van der Waals surface area contributed by atoms with Crippen molar-refractivity contribution < 1.29 is 5.11 Å². The molecule has 0 aromatic heterocycles. The van der Waals surface area contributed by atoms with Gasteiger partial charge < -0.3 is 10.0 Å². The first-order valence-electron chi connectivity index (χ1n) is 7.02. The van der Waals surface area contributed by atoms with Gasteiger partial charge >= 0.3 is 0 Å². The molecule has 2 unspecified atom stereocenters. The van der Waals surface area contributed by atoms with E-state index >= 15 is 0 Å². The summed E-state index contributed by atoms with van der Waals surface area (Å²) < 4.78 is 0. The van der Waals surface area contributed by atoms with Crippen molar-refractivity contribution in [2.75, 3.05) is 20.1 Å². The molecule has 0 saturated carbocycles. The highest BCUT2D eigenvalue weighted by Crippen LogP contribution is 2.49.